The smallest absolute Gasteiger partial charge is 0.322 e. The predicted octanol–water partition coefficient (Wildman–Crippen LogP) is 1.91. The Kier molecular flexibility index (Phi) is 4.84. The van der Waals surface area contributed by atoms with Crippen molar-refractivity contribution in [3.05, 3.63) is 75.2 Å². The molecule has 1 fully saturated rings. The lowest BCUT2D eigenvalue weighted by Gasteiger charge is -2.28. The van der Waals surface area contributed by atoms with Gasteiger partial charge in [-0.3, -0.25) is 29.5 Å². The third-order valence-electron chi connectivity index (χ3n) is 6.92. The molecule has 1 atom stereocenters. The van der Waals surface area contributed by atoms with Crippen LogP contribution in [0.15, 0.2) is 45.7 Å². The Morgan fingerprint density at radius 2 is 1.97 bits per heavy atom. The largest absolute Gasteiger partial charge is 0.440 e. The van der Waals surface area contributed by atoms with Crippen molar-refractivity contribution in [2.24, 2.45) is 7.05 Å². The normalized spacial score (nSPS) is 19.0. The van der Waals surface area contributed by atoms with Crippen LogP contribution < -0.4 is 16.2 Å². The van der Waals surface area contributed by atoms with E-state index in [9.17, 15) is 23.6 Å². The number of aryl methyl sites for hydroxylation is 2. The minimum atomic E-state index is -1.75. The van der Waals surface area contributed by atoms with E-state index >= 15 is 0 Å². The van der Waals surface area contributed by atoms with E-state index in [1.54, 1.807) is 42.9 Å². The summed E-state index contributed by atoms with van der Waals surface area (Å²) in [5.74, 6) is -1.78. The van der Waals surface area contributed by atoms with E-state index in [2.05, 4.69) is 20.7 Å². The van der Waals surface area contributed by atoms with E-state index in [-0.39, 0.29) is 35.7 Å². The molecule has 0 saturated carbocycles. The number of nitrogens with one attached hydrogen (secondary N) is 3. The van der Waals surface area contributed by atoms with Crippen LogP contribution in [0.25, 0.3) is 22.4 Å². The van der Waals surface area contributed by atoms with Crippen LogP contribution >= 0.6 is 0 Å². The Bertz CT molecular complexity index is 1700. The van der Waals surface area contributed by atoms with Crippen molar-refractivity contribution in [1.82, 2.24) is 30.3 Å². The zero-order valence-electron chi connectivity index (χ0n) is 19.8. The Morgan fingerprint density at radius 1 is 1.16 bits per heavy atom. The second kappa shape index (κ2) is 7.88. The topological polar surface area (TPSA) is 142 Å². The average Bonchev–Trinajstić information content (AvgIpc) is 3.59. The molecule has 3 aromatic heterocycles. The summed E-state index contributed by atoms with van der Waals surface area (Å²) in [7, 11) is 1.69. The van der Waals surface area contributed by atoms with Gasteiger partial charge in [-0.1, -0.05) is 19.1 Å². The first-order valence-corrected chi connectivity index (χ1v) is 11.6. The van der Waals surface area contributed by atoms with E-state index in [0.717, 1.165) is 0 Å². The molecular formula is C25H21FN6O5. The highest BCUT2D eigenvalue weighted by Gasteiger charge is 2.53. The first kappa shape index (κ1) is 22.7. The molecule has 2 aliphatic heterocycles. The zero-order valence-corrected chi connectivity index (χ0v) is 19.8. The highest BCUT2D eigenvalue weighted by Crippen LogP contribution is 2.35. The number of amides is 4. The Morgan fingerprint density at radius 3 is 2.65 bits per heavy atom. The summed E-state index contributed by atoms with van der Waals surface area (Å²) in [6.07, 6.45) is 1.95. The molecule has 188 valence electrons. The van der Waals surface area contributed by atoms with Gasteiger partial charge >= 0.3 is 6.03 Å². The summed E-state index contributed by atoms with van der Waals surface area (Å²) in [4.78, 5) is 55.9. The van der Waals surface area contributed by atoms with Crippen LogP contribution in [0, 0.1) is 5.82 Å². The van der Waals surface area contributed by atoms with E-state index in [0.29, 0.717) is 34.2 Å². The van der Waals surface area contributed by atoms with E-state index in [4.69, 9.17) is 4.42 Å². The molecule has 0 bridgehead atoms. The highest BCUT2D eigenvalue weighted by atomic mass is 19.1. The van der Waals surface area contributed by atoms with Crippen LogP contribution in [-0.4, -0.2) is 44.1 Å². The predicted molar refractivity (Wildman–Crippen MR) is 128 cm³/mol. The Hall–Kier alpha value is -4.74. The lowest BCUT2D eigenvalue weighted by molar-refractivity contribution is -0.125. The van der Waals surface area contributed by atoms with Gasteiger partial charge in [0.1, 0.15) is 11.6 Å². The maximum absolute atomic E-state index is 15.0. The van der Waals surface area contributed by atoms with Crippen molar-refractivity contribution in [2.75, 3.05) is 6.54 Å². The molecule has 1 saturated heterocycles. The Balaban J connectivity index is 1.40. The third kappa shape index (κ3) is 3.36. The van der Waals surface area contributed by atoms with Crippen LogP contribution in [0.3, 0.4) is 0 Å². The van der Waals surface area contributed by atoms with Crippen molar-refractivity contribution in [3.63, 3.8) is 0 Å². The number of benzene rings is 1. The molecular weight excluding hydrogens is 483 g/mol. The summed E-state index contributed by atoms with van der Waals surface area (Å²) < 4.78 is 22.4. The SMILES string of the molecule is CCc1ccc2c(c1F)C(=O)N(C[C@@]1(c3cc4cc(-c5cc(=O)[nH]n5C)cnc4o3)NC(=O)NC1=O)C2. The molecule has 37 heavy (non-hydrogen) atoms. The number of fused-ring (bicyclic) bond motifs is 2. The molecule has 2 aliphatic rings. The molecule has 11 nitrogen and oxygen atoms in total. The number of pyridine rings is 1. The van der Waals surface area contributed by atoms with Crippen LogP contribution in [0.2, 0.25) is 0 Å². The number of rotatable bonds is 5. The van der Waals surface area contributed by atoms with Crippen LogP contribution in [0.5, 0.6) is 0 Å². The Labute approximate surface area is 208 Å². The van der Waals surface area contributed by atoms with Crippen molar-refractivity contribution >= 4 is 28.9 Å². The molecule has 12 heteroatoms. The first-order valence-electron chi connectivity index (χ1n) is 11.6. The number of carbonyl (C=O) groups is 3. The summed E-state index contributed by atoms with van der Waals surface area (Å²) in [5.41, 5.74) is 0.311. The minimum Gasteiger partial charge on any atom is -0.440 e. The van der Waals surface area contributed by atoms with Gasteiger partial charge in [-0.25, -0.2) is 14.2 Å². The lowest BCUT2D eigenvalue weighted by Crippen LogP contribution is -2.52. The van der Waals surface area contributed by atoms with E-state index in [1.165, 1.54) is 17.2 Å². The zero-order chi connectivity index (χ0) is 26.1. The van der Waals surface area contributed by atoms with Gasteiger partial charge in [0.15, 0.2) is 5.54 Å². The van der Waals surface area contributed by atoms with Crippen LogP contribution in [-0.2, 0) is 30.3 Å². The number of H-pyrrole nitrogens is 1. The molecule has 0 unspecified atom stereocenters. The fourth-order valence-electron chi connectivity index (χ4n) is 5.04. The summed E-state index contributed by atoms with van der Waals surface area (Å²) in [5, 5.41) is 7.97. The van der Waals surface area contributed by atoms with Crippen LogP contribution in [0.1, 0.15) is 34.2 Å². The second-order valence-electron chi connectivity index (χ2n) is 9.19. The lowest BCUT2D eigenvalue weighted by atomic mass is 9.95. The number of aromatic nitrogens is 3. The van der Waals surface area contributed by atoms with Gasteiger partial charge in [0, 0.05) is 36.8 Å². The van der Waals surface area contributed by atoms with Crippen LogP contribution in [0.4, 0.5) is 9.18 Å². The summed E-state index contributed by atoms with van der Waals surface area (Å²) in [6.45, 7) is 1.59. The number of carbonyl (C=O) groups excluding carboxylic acids is 3. The molecule has 6 rings (SSSR count). The molecule has 0 spiro atoms. The van der Waals surface area contributed by atoms with Gasteiger partial charge in [0.2, 0.25) is 5.71 Å². The van der Waals surface area contributed by atoms with Gasteiger partial charge in [0.05, 0.1) is 17.8 Å². The van der Waals surface area contributed by atoms with Gasteiger partial charge in [0.25, 0.3) is 17.4 Å². The first-order chi connectivity index (χ1) is 17.7. The monoisotopic (exact) mass is 504 g/mol. The average molecular weight is 504 g/mol. The number of urea groups is 1. The number of aromatic amines is 1. The van der Waals surface area contributed by atoms with E-state index < -0.39 is 29.2 Å². The van der Waals surface area contributed by atoms with Gasteiger partial charge < -0.3 is 14.6 Å². The summed E-state index contributed by atoms with van der Waals surface area (Å²) >= 11 is 0. The quantitative estimate of drug-likeness (QED) is 0.355. The number of hydrogen-bond acceptors (Lipinski definition) is 6. The third-order valence-corrected chi connectivity index (χ3v) is 6.92. The fourth-order valence-corrected chi connectivity index (χ4v) is 5.04. The molecule has 1 aromatic carbocycles. The second-order valence-corrected chi connectivity index (χ2v) is 9.19. The van der Waals surface area contributed by atoms with E-state index in [1.807, 2.05) is 0 Å². The van der Waals surface area contributed by atoms with Crippen molar-refractivity contribution in [1.29, 1.82) is 0 Å². The van der Waals surface area contributed by atoms with Gasteiger partial charge in [-0.15, -0.1) is 0 Å². The van der Waals surface area contributed by atoms with Crippen molar-refractivity contribution < 1.29 is 23.2 Å². The van der Waals surface area contributed by atoms with Crippen molar-refractivity contribution in [3.8, 4) is 11.3 Å². The standard InChI is InChI=1S/C25H21FN6O5/c1-3-12-4-5-13-10-32(22(34)19(13)20(12)26)11-25(23(35)28-24(36)29-25)17-7-14-6-15(9-27-21(14)37-17)16-8-18(33)30-31(16)2/h4-9H,3,10-11H2,1-2H3,(H,30,33)(H2,28,29,35,36)/t25-/m0/s1. The summed E-state index contributed by atoms with van der Waals surface area (Å²) in [6, 6.07) is 7.33. The van der Waals surface area contributed by atoms with Gasteiger partial charge in [-0.2, -0.15) is 0 Å². The fraction of sp³-hybridized carbons (Fsp3) is 0.240. The van der Waals surface area contributed by atoms with Gasteiger partial charge in [-0.05, 0) is 29.7 Å². The number of furan rings is 1. The molecule has 4 aromatic rings. The molecule has 4 amide bonds. The molecule has 3 N–H and O–H groups in total. The maximum atomic E-state index is 15.0. The van der Waals surface area contributed by atoms with Crippen molar-refractivity contribution in [2.45, 2.75) is 25.4 Å². The maximum Gasteiger partial charge on any atom is 0.322 e. The molecule has 0 aliphatic carbocycles. The number of nitrogens with zero attached hydrogens (tertiary/aromatic N) is 3. The highest BCUT2D eigenvalue weighted by molar-refractivity contribution is 6.08. The number of halogens is 1. The molecule has 5 heterocycles. The number of imide groups is 1. The molecule has 0 radical (unpaired) electrons. The minimum absolute atomic E-state index is 0.0211. The number of hydrogen-bond donors (Lipinski definition) is 3.